The summed E-state index contributed by atoms with van der Waals surface area (Å²) in [4.78, 5) is 35.8. The van der Waals surface area contributed by atoms with Gasteiger partial charge in [-0.15, -0.1) is 11.8 Å². The SMILES string of the molecule is CC1(C)C[C@@H]2C[C@@](C)(CN2C(=O)CS[C@@H](CC(=O)[O-])C(=O)[O-])C1. The van der Waals surface area contributed by atoms with Crippen molar-refractivity contribution in [3.63, 3.8) is 0 Å². The van der Waals surface area contributed by atoms with Gasteiger partial charge in [0.25, 0.3) is 0 Å². The number of carboxylic acid groups (broad SMARTS) is 2. The normalized spacial score (nSPS) is 30.0. The fraction of sp³-hybridized carbons (Fsp3) is 0.812. The number of carboxylic acids is 2. The van der Waals surface area contributed by atoms with Crippen LogP contribution in [0.4, 0.5) is 0 Å². The van der Waals surface area contributed by atoms with Crippen LogP contribution in [0.2, 0.25) is 0 Å². The highest BCUT2D eigenvalue weighted by Crippen LogP contribution is 2.52. The Labute approximate surface area is 140 Å². The van der Waals surface area contributed by atoms with Crippen LogP contribution >= 0.6 is 11.8 Å². The molecular weight excluding hydrogens is 318 g/mol. The third kappa shape index (κ3) is 4.40. The van der Waals surface area contributed by atoms with Crippen LogP contribution in [0, 0.1) is 10.8 Å². The second kappa shape index (κ2) is 6.34. The molecular formula is C16H23NO5S-2. The van der Waals surface area contributed by atoms with Gasteiger partial charge in [-0.05, 0) is 30.1 Å². The predicted molar refractivity (Wildman–Crippen MR) is 82.1 cm³/mol. The molecule has 1 amide bonds. The molecule has 3 atom stereocenters. The number of nitrogens with zero attached hydrogens (tertiary/aromatic N) is 1. The van der Waals surface area contributed by atoms with E-state index >= 15 is 0 Å². The molecule has 23 heavy (non-hydrogen) atoms. The van der Waals surface area contributed by atoms with Crippen molar-refractivity contribution in [2.75, 3.05) is 12.3 Å². The lowest BCUT2D eigenvalue weighted by atomic mass is 9.65. The molecule has 6 nitrogen and oxygen atoms in total. The number of carbonyl (C=O) groups excluding carboxylic acids is 3. The van der Waals surface area contributed by atoms with Gasteiger partial charge in [0.1, 0.15) is 0 Å². The van der Waals surface area contributed by atoms with Gasteiger partial charge in [-0.25, -0.2) is 0 Å². The molecule has 2 bridgehead atoms. The largest absolute Gasteiger partial charge is 0.550 e. The lowest BCUT2D eigenvalue weighted by molar-refractivity contribution is -0.314. The fourth-order valence-corrected chi connectivity index (χ4v) is 5.27. The van der Waals surface area contributed by atoms with Crippen LogP contribution in [-0.4, -0.2) is 46.3 Å². The van der Waals surface area contributed by atoms with Gasteiger partial charge in [0.15, 0.2) is 0 Å². The van der Waals surface area contributed by atoms with Gasteiger partial charge >= 0.3 is 0 Å². The van der Waals surface area contributed by atoms with Crippen molar-refractivity contribution >= 4 is 29.6 Å². The molecule has 2 fully saturated rings. The summed E-state index contributed by atoms with van der Waals surface area (Å²) in [6.45, 7) is 7.32. The highest BCUT2D eigenvalue weighted by atomic mass is 32.2. The van der Waals surface area contributed by atoms with Crippen molar-refractivity contribution in [1.29, 1.82) is 0 Å². The first-order valence-corrected chi connectivity index (χ1v) is 8.88. The molecule has 0 N–H and O–H groups in total. The zero-order valence-corrected chi connectivity index (χ0v) is 14.6. The Hall–Kier alpha value is -1.24. The highest BCUT2D eigenvalue weighted by Gasteiger charge is 2.50. The fourth-order valence-electron chi connectivity index (χ4n) is 4.37. The predicted octanol–water partition coefficient (Wildman–Crippen LogP) is -0.595. The summed E-state index contributed by atoms with van der Waals surface area (Å²) in [7, 11) is 0. The molecule has 0 unspecified atom stereocenters. The number of likely N-dealkylation sites (tertiary alicyclic amines) is 1. The zero-order valence-electron chi connectivity index (χ0n) is 13.8. The summed E-state index contributed by atoms with van der Waals surface area (Å²) in [6, 6.07) is 0.194. The van der Waals surface area contributed by atoms with Crippen molar-refractivity contribution in [3.05, 3.63) is 0 Å². The molecule has 1 saturated heterocycles. The Morgan fingerprint density at radius 3 is 2.43 bits per heavy atom. The Balaban J connectivity index is 1.96. The topological polar surface area (TPSA) is 101 Å². The first kappa shape index (κ1) is 18.1. The van der Waals surface area contributed by atoms with E-state index in [1.807, 2.05) is 4.90 Å². The van der Waals surface area contributed by atoms with Gasteiger partial charge in [0.2, 0.25) is 5.91 Å². The lowest BCUT2D eigenvalue weighted by Crippen LogP contribution is -2.41. The molecule has 0 aromatic rings. The minimum atomic E-state index is -1.47. The Morgan fingerprint density at radius 1 is 1.22 bits per heavy atom. The standard InChI is InChI=1S/C16H25NO5S/c1-15(2)5-10-6-16(3,8-15)9-17(10)12(18)7-23-11(14(21)22)4-13(19)20/h10-11H,4-9H2,1-3H3,(H,19,20)(H,21,22)/p-2/t10-,11+,16-/m1/s1. The number of amides is 1. The number of hydrogen-bond donors (Lipinski definition) is 0. The molecule has 0 aromatic heterocycles. The first-order valence-electron chi connectivity index (χ1n) is 7.83. The van der Waals surface area contributed by atoms with Crippen LogP contribution in [0.3, 0.4) is 0 Å². The van der Waals surface area contributed by atoms with Gasteiger partial charge in [0.05, 0.1) is 17.0 Å². The van der Waals surface area contributed by atoms with E-state index in [1.54, 1.807) is 0 Å². The molecule has 2 rings (SSSR count). The second-order valence-electron chi connectivity index (χ2n) is 7.93. The van der Waals surface area contributed by atoms with E-state index in [0.717, 1.165) is 31.0 Å². The molecule has 0 radical (unpaired) electrons. The third-order valence-corrected chi connectivity index (χ3v) is 5.93. The van der Waals surface area contributed by atoms with Gasteiger partial charge in [-0.2, -0.15) is 0 Å². The summed E-state index contributed by atoms with van der Waals surface area (Å²) in [5.74, 6) is -3.09. The van der Waals surface area contributed by atoms with E-state index in [2.05, 4.69) is 20.8 Å². The molecule has 1 saturated carbocycles. The molecule has 130 valence electrons. The van der Waals surface area contributed by atoms with Crippen molar-refractivity contribution in [2.45, 2.75) is 57.7 Å². The highest BCUT2D eigenvalue weighted by molar-refractivity contribution is 8.01. The van der Waals surface area contributed by atoms with Crippen molar-refractivity contribution in [3.8, 4) is 0 Å². The van der Waals surface area contributed by atoms with E-state index in [9.17, 15) is 24.6 Å². The summed E-state index contributed by atoms with van der Waals surface area (Å²) >= 11 is 0.812. The maximum absolute atomic E-state index is 12.5. The molecule has 0 aromatic carbocycles. The average molecular weight is 341 g/mol. The molecule has 2 aliphatic rings. The molecule has 0 spiro atoms. The first-order chi connectivity index (χ1) is 10.5. The van der Waals surface area contributed by atoms with E-state index in [0.29, 0.717) is 6.54 Å². The molecule has 1 aliphatic heterocycles. The van der Waals surface area contributed by atoms with Gasteiger partial charge in [0, 0.05) is 25.0 Å². The second-order valence-corrected chi connectivity index (χ2v) is 9.12. The van der Waals surface area contributed by atoms with Crippen LogP contribution in [0.1, 0.15) is 46.5 Å². The summed E-state index contributed by atoms with van der Waals surface area (Å²) in [5.41, 5.74) is 0.313. The van der Waals surface area contributed by atoms with Crippen LogP contribution in [0.5, 0.6) is 0 Å². The maximum atomic E-state index is 12.5. The Morgan fingerprint density at radius 2 is 1.87 bits per heavy atom. The molecule has 7 heteroatoms. The van der Waals surface area contributed by atoms with Crippen LogP contribution < -0.4 is 10.2 Å². The van der Waals surface area contributed by atoms with Gasteiger partial charge < -0.3 is 24.7 Å². The minimum absolute atomic E-state index is 0.0427. The number of fused-ring (bicyclic) bond motifs is 2. The minimum Gasteiger partial charge on any atom is -0.550 e. The number of aliphatic carboxylic acids is 2. The maximum Gasteiger partial charge on any atom is 0.232 e. The Bertz CT molecular complexity index is 521. The molecule has 1 heterocycles. The smallest absolute Gasteiger partial charge is 0.232 e. The Kier molecular flexibility index (Phi) is 4.99. The number of thioether (sulfide) groups is 1. The van der Waals surface area contributed by atoms with Gasteiger partial charge in [-0.3, -0.25) is 4.79 Å². The van der Waals surface area contributed by atoms with E-state index < -0.39 is 23.6 Å². The van der Waals surface area contributed by atoms with E-state index in [1.165, 1.54) is 0 Å². The summed E-state index contributed by atoms with van der Waals surface area (Å²) in [6.07, 6.45) is 2.35. The quantitative estimate of drug-likeness (QED) is 0.640. The van der Waals surface area contributed by atoms with E-state index in [-0.39, 0.29) is 28.5 Å². The zero-order chi connectivity index (χ0) is 17.4. The van der Waals surface area contributed by atoms with Crippen LogP contribution in [0.15, 0.2) is 0 Å². The van der Waals surface area contributed by atoms with Crippen molar-refractivity contribution in [1.82, 2.24) is 4.90 Å². The lowest BCUT2D eigenvalue weighted by Gasteiger charge is -2.39. The van der Waals surface area contributed by atoms with Crippen LogP contribution in [0.25, 0.3) is 0 Å². The number of hydrogen-bond acceptors (Lipinski definition) is 6. The van der Waals surface area contributed by atoms with Crippen LogP contribution in [-0.2, 0) is 14.4 Å². The van der Waals surface area contributed by atoms with Gasteiger partial charge in [-0.1, -0.05) is 20.8 Å². The molecule has 1 aliphatic carbocycles. The van der Waals surface area contributed by atoms with Crippen molar-refractivity contribution in [2.24, 2.45) is 10.8 Å². The number of rotatable bonds is 6. The summed E-state index contributed by atoms with van der Waals surface area (Å²) < 4.78 is 0. The number of carbonyl (C=O) groups is 3. The van der Waals surface area contributed by atoms with Crippen molar-refractivity contribution < 1.29 is 24.6 Å². The van der Waals surface area contributed by atoms with E-state index in [4.69, 9.17) is 0 Å². The third-order valence-electron chi connectivity index (χ3n) is 4.76. The summed E-state index contributed by atoms with van der Waals surface area (Å²) in [5, 5.41) is 20.3. The monoisotopic (exact) mass is 341 g/mol. The average Bonchev–Trinajstić information content (AvgIpc) is 2.62.